The molecule has 84 valence electrons. The minimum absolute atomic E-state index is 0.723. The fourth-order valence-corrected chi connectivity index (χ4v) is 0.400. The van der Waals surface area contributed by atoms with Crippen molar-refractivity contribution in [2.75, 3.05) is 6.54 Å². The van der Waals surface area contributed by atoms with Gasteiger partial charge in [0.2, 0.25) is 0 Å². The van der Waals surface area contributed by atoms with Crippen LogP contribution in [0.2, 0.25) is 0 Å². The van der Waals surface area contributed by atoms with E-state index in [1.165, 1.54) is 5.48 Å². The maximum absolute atomic E-state index is 10.6. The van der Waals surface area contributed by atoms with E-state index in [0.29, 0.717) is 0 Å². The average Bonchev–Trinajstić information content (AvgIpc) is 2.11. The number of nitrogens with two attached hydrogens (primary N) is 1. The van der Waals surface area contributed by atoms with Gasteiger partial charge in [-0.25, -0.2) is 19.2 Å². The summed E-state index contributed by atoms with van der Waals surface area (Å²) in [6.45, 7) is -0.723. The Morgan fingerprint density at radius 1 is 1.27 bits per heavy atom. The largest absolute Gasteiger partial charge is 0.465 e. The van der Waals surface area contributed by atoms with Crippen LogP contribution in [0, 0.1) is 0 Å². The van der Waals surface area contributed by atoms with Crippen molar-refractivity contribution in [2.45, 2.75) is 0 Å². The van der Waals surface area contributed by atoms with Gasteiger partial charge < -0.3 is 25.7 Å². The van der Waals surface area contributed by atoms with Crippen molar-refractivity contribution in [1.29, 1.82) is 0 Å². The van der Waals surface area contributed by atoms with Crippen molar-refractivity contribution in [3.63, 3.8) is 0 Å². The molecule has 5 N–H and O–H groups in total. The Morgan fingerprint density at radius 2 is 1.87 bits per heavy atom. The highest BCUT2D eigenvalue weighted by atomic mass is 16.7. The van der Waals surface area contributed by atoms with Gasteiger partial charge in [0, 0.05) is 0 Å². The lowest BCUT2D eigenvalue weighted by molar-refractivity contribution is -0.137. The lowest BCUT2D eigenvalue weighted by Gasteiger charge is -2.03. The van der Waals surface area contributed by atoms with Crippen LogP contribution in [-0.4, -0.2) is 35.9 Å². The fraction of sp³-hybridized carbons (Fsp3) is 0.200. The maximum Gasteiger partial charge on any atom is 0.448 e. The number of hydroxylamine groups is 1. The van der Waals surface area contributed by atoms with E-state index in [1.807, 2.05) is 0 Å². The normalized spacial score (nSPS) is 8.53. The predicted octanol–water partition coefficient (Wildman–Crippen LogP) is -1.48. The molecule has 0 aliphatic rings. The van der Waals surface area contributed by atoms with Crippen molar-refractivity contribution in [1.82, 2.24) is 10.8 Å². The zero-order valence-corrected chi connectivity index (χ0v) is 7.18. The summed E-state index contributed by atoms with van der Waals surface area (Å²) < 4.78 is 3.90. The van der Waals surface area contributed by atoms with E-state index in [4.69, 9.17) is 5.11 Å². The third-order valence-corrected chi connectivity index (χ3v) is 0.825. The number of nitrogens with one attached hydrogen (secondary N) is 2. The molecule has 10 nitrogen and oxygen atoms in total. The number of ether oxygens (including phenoxy) is 1. The standard InChI is InChI=1S/C5H7N3O7/c6-3(10)15-8-5(13)14-2(9)1-7-4(11)12/h7H,1H2,(H2,6,10)(H,8,13)(H,11,12). The number of hydrogen-bond acceptors (Lipinski definition) is 6. The molecule has 0 rings (SSSR count). The molecule has 0 bridgehead atoms. The van der Waals surface area contributed by atoms with Gasteiger partial charge in [0.15, 0.2) is 0 Å². The van der Waals surface area contributed by atoms with Gasteiger partial charge in [-0.15, -0.1) is 5.48 Å². The Balaban J connectivity index is 3.71. The van der Waals surface area contributed by atoms with Crippen molar-refractivity contribution in [2.24, 2.45) is 5.73 Å². The van der Waals surface area contributed by atoms with Gasteiger partial charge in [0.1, 0.15) is 6.54 Å². The van der Waals surface area contributed by atoms with Crippen LogP contribution in [-0.2, 0) is 14.4 Å². The van der Waals surface area contributed by atoms with Gasteiger partial charge in [-0.05, 0) is 0 Å². The molecular weight excluding hydrogens is 214 g/mol. The molecule has 15 heavy (non-hydrogen) atoms. The van der Waals surface area contributed by atoms with E-state index < -0.39 is 30.8 Å². The summed E-state index contributed by atoms with van der Waals surface area (Å²) in [6, 6.07) is 0. The summed E-state index contributed by atoms with van der Waals surface area (Å²) in [7, 11) is 0. The number of carbonyl (C=O) groups is 4. The lowest BCUT2D eigenvalue weighted by atomic mass is 10.6. The molecule has 0 unspecified atom stereocenters. The van der Waals surface area contributed by atoms with Crippen LogP contribution in [0.3, 0.4) is 0 Å². The molecule has 0 fully saturated rings. The van der Waals surface area contributed by atoms with Crippen LogP contribution in [0.25, 0.3) is 0 Å². The smallest absolute Gasteiger partial charge is 0.448 e. The second kappa shape index (κ2) is 6.01. The monoisotopic (exact) mass is 221 g/mol. The summed E-state index contributed by atoms with van der Waals surface area (Å²) in [5, 5.41) is 9.71. The molecule has 0 saturated heterocycles. The zero-order valence-electron chi connectivity index (χ0n) is 7.18. The Hall–Kier alpha value is -2.52. The summed E-state index contributed by atoms with van der Waals surface area (Å²) >= 11 is 0. The third kappa shape index (κ3) is 7.83. The Kier molecular flexibility index (Phi) is 5.00. The molecule has 0 aliphatic carbocycles. The summed E-state index contributed by atoms with van der Waals surface area (Å²) in [4.78, 5) is 44.8. The van der Waals surface area contributed by atoms with E-state index in [9.17, 15) is 19.2 Å². The molecule has 0 radical (unpaired) electrons. The summed E-state index contributed by atoms with van der Waals surface area (Å²) in [6.07, 6.45) is -4.16. The molecule has 0 aliphatic heterocycles. The first kappa shape index (κ1) is 12.5. The molecule has 3 amide bonds. The fourth-order valence-electron chi connectivity index (χ4n) is 0.400. The SMILES string of the molecule is NC(=O)ONC(=O)OC(=O)CNC(=O)O. The minimum atomic E-state index is -1.46. The van der Waals surface area contributed by atoms with Crippen LogP contribution < -0.4 is 16.5 Å². The highest BCUT2D eigenvalue weighted by Crippen LogP contribution is 1.80. The first-order valence-corrected chi connectivity index (χ1v) is 3.35. The molecule has 0 saturated carbocycles. The predicted molar refractivity (Wildman–Crippen MR) is 41.3 cm³/mol. The van der Waals surface area contributed by atoms with Crippen LogP contribution in [0.5, 0.6) is 0 Å². The topological polar surface area (TPSA) is 157 Å². The first-order valence-electron chi connectivity index (χ1n) is 3.35. The zero-order chi connectivity index (χ0) is 11.8. The Labute approximate surface area is 82.3 Å². The highest BCUT2D eigenvalue weighted by Gasteiger charge is 2.11. The molecule has 0 atom stereocenters. The number of primary amides is 1. The van der Waals surface area contributed by atoms with Gasteiger partial charge in [0.25, 0.3) is 0 Å². The number of rotatable bonds is 2. The average molecular weight is 221 g/mol. The third-order valence-electron chi connectivity index (χ3n) is 0.825. The molecule has 0 aromatic heterocycles. The van der Waals surface area contributed by atoms with Crippen LogP contribution in [0.15, 0.2) is 0 Å². The van der Waals surface area contributed by atoms with Crippen molar-refractivity contribution < 1.29 is 33.9 Å². The number of hydrogen-bond donors (Lipinski definition) is 4. The molecular formula is C5H7N3O7. The van der Waals surface area contributed by atoms with E-state index in [1.54, 1.807) is 5.32 Å². The molecule has 0 heterocycles. The second-order valence-corrected chi connectivity index (χ2v) is 1.94. The lowest BCUT2D eigenvalue weighted by Crippen LogP contribution is -2.35. The number of carboxylic acid groups (broad SMARTS) is 1. The summed E-state index contributed by atoms with van der Waals surface area (Å²) in [5.41, 5.74) is 5.83. The van der Waals surface area contributed by atoms with Crippen molar-refractivity contribution >= 4 is 24.2 Å². The Bertz CT molecular complexity index is 260. The van der Waals surface area contributed by atoms with E-state index in [2.05, 4.69) is 15.3 Å². The molecule has 0 aromatic carbocycles. The van der Waals surface area contributed by atoms with Gasteiger partial charge in [-0.2, -0.15) is 0 Å². The van der Waals surface area contributed by atoms with E-state index >= 15 is 0 Å². The molecule has 0 spiro atoms. The minimum Gasteiger partial charge on any atom is -0.465 e. The van der Waals surface area contributed by atoms with Crippen molar-refractivity contribution in [3.8, 4) is 0 Å². The summed E-state index contributed by atoms with van der Waals surface area (Å²) in [5.74, 6) is -1.18. The number of amides is 3. The van der Waals surface area contributed by atoms with Crippen LogP contribution in [0.1, 0.15) is 0 Å². The van der Waals surface area contributed by atoms with Crippen LogP contribution >= 0.6 is 0 Å². The maximum atomic E-state index is 10.6. The van der Waals surface area contributed by atoms with E-state index in [-0.39, 0.29) is 0 Å². The van der Waals surface area contributed by atoms with E-state index in [0.717, 1.165) is 0 Å². The first-order chi connectivity index (χ1) is 6.91. The number of carbonyl (C=O) groups excluding carboxylic acids is 3. The van der Waals surface area contributed by atoms with Gasteiger partial charge in [0.05, 0.1) is 0 Å². The van der Waals surface area contributed by atoms with Gasteiger partial charge in [-0.1, -0.05) is 0 Å². The van der Waals surface area contributed by atoms with Gasteiger partial charge in [-0.3, -0.25) is 0 Å². The quantitative estimate of drug-likeness (QED) is 0.251. The Morgan fingerprint density at radius 3 is 2.33 bits per heavy atom. The van der Waals surface area contributed by atoms with Gasteiger partial charge >= 0.3 is 24.2 Å². The second-order valence-electron chi connectivity index (χ2n) is 1.94. The molecule has 10 heteroatoms. The molecule has 0 aromatic rings. The van der Waals surface area contributed by atoms with Crippen LogP contribution in [0.4, 0.5) is 14.4 Å². The number of esters is 1. The highest BCUT2D eigenvalue weighted by molar-refractivity contribution is 5.87. The van der Waals surface area contributed by atoms with Crippen molar-refractivity contribution in [3.05, 3.63) is 0 Å².